The molecule has 2 aromatic rings. The van der Waals surface area contributed by atoms with Crippen LogP contribution in [0, 0.1) is 5.92 Å². The van der Waals surface area contributed by atoms with E-state index in [9.17, 15) is 0 Å². The molecule has 2 heterocycles. The van der Waals surface area contributed by atoms with Crippen LogP contribution in [0.1, 0.15) is 32.0 Å². The molecular weight excluding hydrogens is 262 g/mol. The summed E-state index contributed by atoms with van der Waals surface area (Å²) in [4.78, 5) is 7.34. The number of imidazole rings is 1. The average Bonchev–Trinajstić information content (AvgIpc) is 2.82. The molecule has 1 aromatic carbocycles. The lowest BCUT2D eigenvalue weighted by molar-refractivity contribution is 0.170. The Kier molecular flexibility index (Phi) is 4.56. The van der Waals surface area contributed by atoms with Crippen molar-refractivity contribution in [2.45, 2.75) is 39.3 Å². The first-order valence-corrected chi connectivity index (χ1v) is 8.05. The third-order valence-corrected chi connectivity index (χ3v) is 4.38. The van der Waals surface area contributed by atoms with Gasteiger partial charge in [-0.3, -0.25) is 4.90 Å². The van der Waals surface area contributed by atoms with Gasteiger partial charge in [-0.15, -0.1) is 0 Å². The molecule has 3 rings (SSSR count). The van der Waals surface area contributed by atoms with E-state index in [4.69, 9.17) is 10.1 Å². The summed E-state index contributed by atoms with van der Waals surface area (Å²) in [5, 5.41) is 9.14. The summed E-state index contributed by atoms with van der Waals surface area (Å²) in [6.07, 6.45) is 3.42. The van der Waals surface area contributed by atoms with E-state index in [-0.39, 0.29) is 6.61 Å². The number of hydrogen-bond donors (Lipinski definition) is 1. The minimum Gasteiger partial charge on any atom is -0.396 e. The van der Waals surface area contributed by atoms with Gasteiger partial charge in [0, 0.05) is 19.7 Å². The van der Waals surface area contributed by atoms with Crippen LogP contribution in [0.25, 0.3) is 11.0 Å². The third-order valence-electron chi connectivity index (χ3n) is 4.38. The number of hydrogen-bond acceptors (Lipinski definition) is 3. The number of rotatable bonds is 5. The number of aliphatic hydroxyl groups excluding tert-OH is 1. The van der Waals surface area contributed by atoms with Gasteiger partial charge < -0.3 is 9.67 Å². The van der Waals surface area contributed by atoms with Gasteiger partial charge in [-0.1, -0.05) is 19.1 Å². The zero-order valence-electron chi connectivity index (χ0n) is 12.8. The summed E-state index contributed by atoms with van der Waals surface area (Å²) in [5.41, 5.74) is 2.25. The molecule has 0 saturated carbocycles. The Morgan fingerprint density at radius 3 is 3.00 bits per heavy atom. The first-order chi connectivity index (χ1) is 10.3. The van der Waals surface area contributed by atoms with E-state index >= 15 is 0 Å². The Hall–Kier alpha value is -1.39. The van der Waals surface area contributed by atoms with Crippen molar-refractivity contribution in [1.82, 2.24) is 14.5 Å². The lowest BCUT2D eigenvalue weighted by Gasteiger charge is -2.30. The maximum atomic E-state index is 9.14. The lowest BCUT2D eigenvalue weighted by atomic mass is 10.0. The molecule has 0 aliphatic carbocycles. The van der Waals surface area contributed by atoms with Gasteiger partial charge in [-0.2, -0.15) is 0 Å². The van der Waals surface area contributed by atoms with Gasteiger partial charge in [-0.25, -0.2) is 4.98 Å². The number of piperidine rings is 1. The van der Waals surface area contributed by atoms with Crippen LogP contribution >= 0.6 is 0 Å². The lowest BCUT2D eigenvalue weighted by Crippen LogP contribution is -2.34. The molecule has 1 unspecified atom stereocenters. The van der Waals surface area contributed by atoms with Gasteiger partial charge in [0.25, 0.3) is 0 Å². The van der Waals surface area contributed by atoms with Crippen LogP contribution in [0.15, 0.2) is 24.3 Å². The van der Waals surface area contributed by atoms with Crippen LogP contribution in [-0.2, 0) is 13.1 Å². The third kappa shape index (κ3) is 3.27. The fourth-order valence-electron chi connectivity index (χ4n) is 3.35. The Bertz CT molecular complexity index is 593. The first kappa shape index (κ1) is 14.5. The molecule has 114 valence electrons. The summed E-state index contributed by atoms with van der Waals surface area (Å²) in [6.45, 7) is 6.67. The van der Waals surface area contributed by atoms with E-state index in [1.165, 1.54) is 31.4 Å². The number of aromatic nitrogens is 2. The molecule has 1 aromatic heterocycles. The van der Waals surface area contributed by atoms with Gasteiger partial charge >= 0.3 is 0 Å². The number of nitrogens with zero attached hydrogens (tertiary/aromatic N) is 3. The van der Waals surface area contributed by atoms with Crippen molar-refractivity contribution in [2.24, 2.45) is 5.92 Å². The fraction of sp³-hybridized carbons (Fsp3) is 0.588. The highest BCUT2D eigenvalue weighted by Crippen LogP contribution is 2.21. The highest BCUT2D eigenvalue weighted by molar-refractivity contribution is 5.75. The van der Waals surface area contributed by atoms with Crippen molar-refractivity contribution in [2.75, 3.05) is 19.7 Å². The summed E-state index contributed by atoms with van der Waals surface area (Å²) >= 11 is 0. The normalized spacial score (nSPS) is 20.2. The van der Waals surface area contributed by atoms with E-state index in [0.29, 0.717) is 0 Å². The molecule has 1 saturated heterocycles. The molecule has 1 aliphatic rings. The number of fused-ring (bicyclic) bond motifs is 1. The second-order valence-electron chi connectivity index (χ2n) is 6.23. The van der Waals surface area contributed by atoms with E-state index in [1.807, 2.05) is 6.07 Å². The van der Waals surface area contributed by atoms with E-state index < -0.39 is 0 Å². The molecule has 1 aliphatic heterocycles. The summed E-state index contributed by atoms with van der Waals surface area (Å²) < 4.78 is 2.28. The van der Waals surface area contributed by atoms with Crippen LogP contribution in [0.4, 0.5) is 0 Å². The highest BCUT2D eigenvalue weighted by Gasteiger charge is 2.19. The minimum atomic E-state index is 0.229. The number of aliphatic hydroxyl groups is 1. The van der Waals surface area contributed by atoms with Crippen LogP contribution < -0.4 is 0 Å². The van der Waals surface area contributed by atoms with Crippen molar-refractivity contribution < 1.29 is 5.11 Å². The Labute approximate surface area is 126 Å². The van der Waals surface area contributed by atoms with Crippen molar-refractivity contribution in [3.05, 3.63) is 30.1 Å². The number of likely N-dealkylation sites (tertiary alicyclic amines) is 1. The molecule has 21 heavy (non-hydrogen) atoms. The fourth-order valence-corrected chi connectivity index (χ4v) is 3.35. The predicted octanol–water partition coefficient (Wildman–Crippen LogP) is 2.65. The van der Waals surface area contributed by atoms with E-state index in [1.54, 1.807) is 0 Å². The number of benzene rings is 1. The Morgan fingerprint density at radius 1 is 1.33 bits per heavy atom. The standard InChI is InChI=1S/C17H25N3O/c1-14-6-4-9-19(12-14)13-17-18-15-7-2-3-8-16(15)20(17)10-5-11-21/h2-3,7-8,14,21H,4-6,9-13H2,1H3. The second kappa shape index (κ2) is 6.58. The Balaban J connectivity index is 1.85. The predicted molar refractivity (Wildman–Crippen MR) is 85.1 cm³/mol. The maximum absolute atomic E-state index is 9.14. The summed E-state index contributed by atoms with van der Waals surface area (Å²) in [5.74, 6) is 1.92. The molecule has 0 radical (unpaired) electrons. The van der Waals surface area contributed by atoms with Crippen molar-refractivity contribution in [1.29, 1.82) is 0 Å². The largest absolute Gasteiger partial charge is 0.396 e. The molecule has 0 spiro atoms. The zero-order valence-corrected chi connectivity index (χ0v) is 12.8. The van der Waals surface area contributed by atoms with Crippen LogP contribution in [0.5, 0.6) is 0 Å². The van der Waals surface area contributed by atoms with Gasteiger partial charge in [0.05, 0.1) is 17.6 Å². The van der Waals surface area contributed by atoms with Gasteiger partial charge in [-0.05, 0) is 43.9 Å². The Morgan fingerprint density at radius 2 is 2.19 bits per heavy atom. The van der Waals surface area contributed by atoms with Gasteiger partial charge in [0.15, 0.2) is 0 Å². The monoisotopic (exact) mass is 287 g/mol. The van der Waals surface area contributed by atoms with E-state index in [0.717, 1.165) is 36.8 Å². The van der Waals surface area contributed by atoms with Crippen LogP contribution in [0.2, 0.25) is 0 Å². The van der Waals surface area contributed by atoms with Crippen LogP contribution in [0.3, 0.4) is 0 Å². The van der Waals surface area contributed by atoms with Crippen molar-refractivity contribution >= 4 is 11.0 Å². The van der Waals surface area contributed by atoms with Crippen molar-refractivity contribution in [3.8, 4) is 0 Å². The van der Waals surface area contributed by atoms with Crippen LogP contribution in [-0.4, -0.2) is 39.3 Å². The minimum absolute atomic E-state index is 0.229. The molecule has 1 fully saturated rings. The quantitative estimate of drug-likeness (QED) is 0.919. The topological polar surface area (TPSA) is 41.3 Å². The molecule has 1 atom stereocenters. The maximum Gasteiger partial charge on any atom is 0.124 e. The number of aryl methyl sites for hydroxylation is 1. The molecule has 4 heteroatoms. The molecular formula is C17H25N3O. The summed E-state index contributed by atoms with van der Waals surface area (Å²) in [6, 6.07) is 8.31. The zero-order chi connectivity index (χ0) is 14.7. The van der Waals surface area contributed by atoms with Crippen molar-refractivity contribution in [3.63, 3.8) is 0 Å². The SMILES string of the molecule is CC1CCCN(Cc2nc3ccccc3n2CCCO)C1. The molecule has 4 nitrogen and oxygen atoms in total. The highest BCUT2D eigenvalue weighted by atomic mass is 16.3. The van der Waals surface area contributed by atoms with Gasteiger partial charge in [0.1, 0.15) is 5.82 Å². The molecule has 1 N–H and O–H groups in total. The summed E-state index contributed by atoms with van der Waals surface area (Å²) in [7, 11) is 0. The van der Waals surface area contributed by atoms with Gasteiger partial charge in [0.2, 0.25) is 0 Å². The first-order valence-electron chi connectivity index (χ1n) is 8.05. The number of para-hydroxylation sites is 2. The average molecular weight is 287 g/mol. The smallest absolute Gasteiger partial charge is 0.124 e. The second-order valence-corrected chi connectivity index (χ2v) is 6.23. The molecule has 0 bridgehead atoms. The molecule has 0 amide bonds. The van der Waals surface area contributed by atoms with E-state index in [2.05, 4.69) is 34.6 Å².